The number of hydrogen-bond donors (Lipinski definition) is 1. The molecule has 0 radical (unpaired) electrons. The molecule has 2 heterocycles. The zero-order valence-electron chi connectivity index (χ0n) is 9.34. The summed E-state index contributed by atoms with van der Waals surface area (Å²) in [7, 11) is -3.07. The van der Waals surface area contributed by atoms with E-state index in [1.807, 2.05) is 0 Å². The molecule has 2 aliphatic rings. The topological polar surface area (TPSA) is 49.4 Å². The summed E-state index contributed by atoms with van der Waals surface area (Å²) in [6.07, 6.45) is 0. The molecule has 2 aliphatic heterocycles. The van der Waals surface area contributed by atoms with E-state index in [4.69, 9.17) is 12.2 Å². The van der Waals surface area contributed by atoms with Crippen LogP contribution in [0.3, 0.4) is 0 Å². The Morgan fingerprint density at radius 1 is 1.33 bits per heavy atom. The van der Waals surface area contributed by atoms with E-state index in [9.17, 15) is 12.8 Å². The Labute approximate surface area is 110 Å². The van der Waals surface area contributed by atoms with Crippen LogP contribution in [0.5, 0.6) is 0 Å². The molecule has 1 aromatic rings. The molecule has 0 aromatic heterocycles. The van der Waals surface area contributed by atoms with Crippen LogP contribution in [0.2, 0.25) is 0 Å². The third-order valence-corrected chi connectivity index (χ3v) is 5.32. The van der Waals surface area contributed by atoms with Crippen molar-refractivity contribution in [3.05, 3.63) is 30.1 Å². The number of nitrogens with zero attached hydrogens (tertiary/aromatic N) is 1. The molecule has 2 fully saturated rings. The van der Waals surface area contributed by atoms with Gasteiger partial charge in [0.15, 0.2) is 14.9 Å². The van der Waals surface area contributed by atoms with Crippen LogP contribution >= 0.6 is 12.2 Å². The van der Waals surface area contributed by atoms with Gasteiger partial charge < -0.3 is 10.2 Å². The van der Waals surface area contributed by atoms with Crippen LogP contribution < -0.4 is 10.2 Å². The molecule has 1 aromatic carbocycles. The summed E-state index contributed by atoms with van der Waals surface area (Å²) in [5, 5.41) is 3.35. The molecule has 18 heavy (non-hydrogen) atoms. The molecule has 0 bridgehead atoms. The second kappa shape index (κ2) is 3.89. The lowest BCUT2D eigenvalue weighted by atomic mass is 10.1. The summed E-state index contributed by atoms with van der Waals surface area (Å²) in [6, 6.07) is 5.71. The molecular formula is C11H11FN2O2S2. The van der Waals surface area contributed by atoms with E-state index in [0.717, 1.165) is 0 Å². The second-order valence-electron chi connectivity index (χ2n) is 4.52. The van der Waals surface area contributed by atoms with E-state index in [1.54, 1.807) is 23.1 Å². The van der Waals surface area contributed by atoms with Gasteiger partial charge in [0.2, 0.25) is 0 Å². The Morgan fingerprint density at radius 3 is 2.78 bits per heavy atom. The maximum atomic E-state index is 13.8. The lowest BCUT2D eigenvalue weighted by molar-refractivity contribution is 0.600. The van der Waals surface area contributed by atoms with Gasteiger partial charge in [0.05, 0.1) is 29.3 Å². The number of benzene rings is 1. The highest BCUT2D eigenvalue weighted by molar-refractivity contribution is 7.91. The molecule has 7 heteroatoms. The Morgan fingerprint density at radius 2 is 2.06 bits per heavy atom. The van der Waals surface area contributed by atoms with Gasteiger partial charge in [0, 0.05) is 0 Å². The monoisotopic (exact) mass is 286 g/mol. The molecule has 0 aliphatic carbocycles. The predicted octanol–water partition coefficient (Wildman–Crippen LogP) is 0.686. The Bertz CT molecular complexity index is 617. The van der Waals surface area contributed by atoms with E-state index >= 15 is 0 Å². The SMILES string of the molecule is O=S1(=O)CC2NC(=S)N(c3ccccc3F)C2C1. The molecular weight excluding hydrogens is 275 g/mol. The number of halogens is 1. The summed E-state index contributed by atoms with van der Waals surface area (Å²) in [5.41, 5.74) is 0.333. The summed E-state index contributed by atoms with van der Waals surface area (Å²) >= 11 is 5.16. The van der Waals surface area contributed by atoms with Crippen molar-refractivity contribution in [1.29, 1.82) is 0 Å². The van der Waals surface area contributed by atoms with Crippen molar-refractivity contribution >= 4 is 32.9 Å². The molecule has 96 valence electrons. The number of para-hydroxylation sites is 1. The van der Waals surface area contributed by atoms with Gasteiger partial charge in [0.1, 0.15) is 5.82 Å². The Balaban J connectivity index is 2.02. The van der Waals surface area contributed by atoms with Crippen LogP contribution in [-0.4, -0.2) is 37.1 Å². The summed E-state index contributed by atoms with van der Waals surface area (Å²) in [5.74, 6) is -0.325. The minimum atomic E-state index is -3.07. The van der Waals surface area contributed by atoms with E-state index in [2.05, 4.69) is 5.32 Å². The highest BCUT2D eigenvalue weighted by atomic mass is 32.2. The smallest absolute Gasteiger partial charge is 0.174 e. The molecule has 0 saturated carbocycles. The van der Waals surface area contributed by atoms with Crippen molar-refractivity contribution in [2.45, 2.75) is 12.1 Å². The van der Waals surface area contributed by atoms with Gasteiger partial charge in [-0.25, -0.2) is 12.8 Å². The van der Waals surface area contributed by atoms with Crippen molar-refractivity contribution in [2.24, 2.45) is 0 Å². The van der Waals surface area contributed by atoms with E-state index in [0.29, 0.717) is 10.8 Å². The largest absolute Gasteiger partial charge is 0.356 e. The average molecular weight is 286 g/mol. The number of sulfone groups is 1. The first-order chi connectivity index (χ1) is 8.48. The highest BCUT2D eigenvalue weighted by Gasteiger charge is 2.48. The van der Waals surface area contributed by atoms with Gasteiger partial charge in [-0.1, -0.05) is 12.1 Å². The van der Waals surface area contributed by atoms with Crippen LogP contribution in [0.4, 0.5) is 10.1 Å². The van der Waals surface area contributed by atoms with E-state index in [-0.39, 0.29) is 23.6 Å². The number of thiocarbonyl (C=S) groups is 1. The fourth-order valence-corrected chi connectivity index (χ4v) is 4.81. The van der Waals surface area contributed by atoms with Crippen molar-refractivity contribution in [2.75, 3.05) is 16.4 Å². The van der Waals surface area contributed by atoms with Gasteiger partial charge in [-0.3, -0.25) is 0 Å². The van der Waals surface area contributed by atoms with Crippen molar-refractivity contribution in [1.82, 2.24) is 5.32 Å². The van der Waals surface area contributed by atoms with Gasteiger partial charge >= 0.3 is 0 Å². The van der Waals surface area contributed by atoms with Crippen LogP contribution in [0, 0.1) is 5.82 Å². The summed E-state index contributed by atoms with van der Waals surface area (Å²) in [4.78, 5) is 1.58. The van der Waals surface area contributed by atoms with Gasteiger partial charge in [-0.2, -0.15) is 0 Å². The Kier molecular flexibility index (Phi) is 2.56. The van der Waals surface area contributed by atoms with Crippen molar-refractivity contribution in [3.8, 4) is 0 Å². The van der Waals surface area contributed by atoms with Crippen LogP contribution in [0.25, 0.3) is 0 Å². The van der Waals surface area contributed by atoms with Gasteiger partial charge in [-0.15, -0.1) is 0 Å². The summed E-state index contributed by atoms with van der Waals surface area (Å²) in [6.45, 7) is 0. The number of hydrogen-bond acceptors (Lipinski definition) is 3. The normalized spacial score (nSPS) is 29.2. The fourth-order valence-electron chi connectivity index (χ4n) is 2.54. The standard InChI is InChI=1S/C11H11FN2O2S2/c12-7-3-1-2-4-9(7)14-10-6-18(15,16)5-8(10)13-11(14)17/h1-4,8,10H,5-6H2,(H,13,17). The summed E-state index contributed by atoms with van der Waals surface area (Å²) < 4.78 is 37.0. The predicted molar refractivity (Wildman–Crippen MR) is 70.8 cm³/mol. The first-order valence-corrected chi connectivity index (χ1v) is 7.75. The Hall–Kier alpha value is -1.21. The molecule has 3 rings (SSSR count). The molecule has 1 N–H and O–H groups in total. The highest BCUT2D eigenvalue weighted by Crippen LogP contribution is 2.30. The molecule has 4 nitrogen and oxygen atoms in total. The minimum absolute atomic E-state index is 0.0130. The third-order valence-electron chi connectivity index (χ3n) is 3.29. The molecule has 2 atom stereocenters. The van der Waals surface area contributed by atoms with Crippen molar-refractivity contribution in [3.63, 3.8) is 0 Å². The fraction of sp³-hybridized carbons (Fsp3) is 0.364. The minimum Gasteiger partial charge on any atom is -0.356 e. The van der Waals surface area contributed by atoms with Crippen LogP contribution in [-0.2, 0) is 9.84 Å². The maximum Gasteiger partial charge on any atom is 0.174 e. The lowest BCUT2D eigenvalue weighted by Gasteiger charge is -2.23. The van der Waals surface area contributed by atoms with Crippen LogP contribution in [0.15, 0.2) is 24.3 Å². The quantitative estimate of drug-likeness (QED) is 0.770. The molecule has 0 spiro atoms. The van der Waals surface area contributed by atoms with Gasteiger partial charge in [-0.05, 0) is 24.4 Å². The number of nitrogens with one attached hydrogen (secondary N) is 1. The molecule has 2 unspecified atom stereocenters. The first kappa shape index (κ1) is 11.9. The van der Waals surface area contributed by atoms with E-state index < -0.39 is 15.7 Å². The molecule has 2 saturated heterocycles. The average Bonchev–Trinajstić information content (AvgIpc) is 2.70. The van der Waals surface area contributed by atoms with E-state index in [1.165, 1.54) is 6.07 Å². The van der Waals surface area contributed by atoms with Gasteiger partial charge in [0.25, 0.3) is 0 Å². The zero-order chi connectivity index (χ0) is 12.9. The maximum absolute atomic E-state index is 13.8. The lowest BCUT2D eigenvalue weighted by Crippen LogP contribution is -2.37. The number of anilines is 1. The van der Waals surface area contributed by atoms with Crippen LogP contribution in [0.1, 0.15) is 0 Å². The number of rotatable bonds is 1. The second-order valence-corrected chi connectivity index (χ2v) is 7.06. The molecule has 0 amide bonds. The van der Waals surface area contributed by atoms with Crippen molar-refractivity contribution < 1.29 is 12.8 Å². The zero-order valence-corrected chi connectivity index (χ0v) is 11.0. The third kappa shape index (κ3) is 1.78. The first-order valence-electron chi connectivity index (χ1n) is 5.53. The number of fused-ring (bicyclic) bond motifs is 1.